The highest BCUT2D eigenvalue weighted by atomic mass is 15.1. The van der Waals surface area contributed by atoms with E-state index in [4.69, 9.17) is 5.73 Å². The fraction of sp³-hybridized carbons (Fsp3) is 0.333. The van der Waals surface area contributed by atoms with Crippen molar-refractivity contribution in [1.29, 1.82) is 0 Å². The minimum absolute atomic E-state index is 0.665. The summed E-state index contributed by atoms with van der Waals surface area (Å²) in [4.78, 5) is 2.11. The van der Waals surface area contributed by atoms with E-state index >= 15 is 0 Å². The van der Waals surface area contributed by atoms with Crippen LogP contribution in [0.25, 0.3) is 11.3 Å². The maximum atomic E-state index is 5.67. The first-order valence-electron chi connectivity index (χ1n) is 6.27. The Morgan fingerprint density at radius 3 is 2.28 bits per heavy atom. The van der Waals surface area contributed by atoms with Crippen LogP contribution in [0.2, 0.25) is 0 Å². The van der Waals surface area contributed by atoms with Crippen LogP contribution < -0.4 is 10.6 Å². The largest absolute Gasteiger partial charge is 0.378 e. The Kier molecular flexibility index (Phi) is 3.72. The van der Waals surface area contributed by atoms with Gasteiger partial charge in [-0.05, 0) is 36.8 Å². The Labute approximate surface area is 109 Å². The molecule has 18 heavy (non-hydrogen) atoms. The van der Waals surface area contributed by atoms with Gasteiger partial charge in [-0.1, -0.05) is 12.1 Å². The third kappa shape index (κ3) is 2.41. The van der Waals surface area contributed by atoms with Crippen molar-refractivity contribution in [3.8, 4) is 11.3 Å². The van der Waals surface area contributed by atoms with Gasteiger partial charge in [-0.25, -0.2) is 0 Å². The molecule has 1 heterocycles. The number of hydrogen-bond donors (Lipinski definition) is 1. The molecule has 1 aromatic heterocycles. The molecular formula is C15H21N3. The second-order valence-corrected chi connectivity index (χ2v) is 4.74. The fourth-order valence-electron chi connectivity index (χ4n) is 2.18. The summed E-state index contributed by atoms with van der Waals surface area (Å²) in [6, 6.07) is 12.9. The van der Waals surface area contributed by atoms with Gasteiger partial charge in [-0.3, -0.25) is 0 Å². The molecule has 0 fully saturated rings. The van der Waals surface area contributed by atoms with E-state index in [2.05, 4.69) is 66.9 Å². The van der Waals surface area contributed by atoms with Crippen molar-refractivity contribution in [2.24, 2.45) is 5.73 Å². The summed E-state index contributed by atoms with van der Waals surface area (Å²) in [6.45, 7) is 3.65. The average molecular weight is 243 g/mol. The Morgan fingerprint density at radius 2 is 1.72 bits per heavy atom. The first kappa shape index (κ1) is 12.7. The third-order valence-electron chi connectivity index (χ3n) is 3.23. The normalized spacial score (nSPS) is 10.7. The van der Waals surface area contributed by atoms with Crippen LogP contribution in [0.3, 0.4) is 0 Å². The maximum absolute atomic E-state index is 5.67. The van der Waals surface area contributed by atoms with Gasteiger partial charge in [-0.2, -0.15) is 0 Å². The van der Waals surface area contributed by atoms with E-state index in [1.165, 1.54) is 22.6 Å². The first-order chi connectivity index (χ1) is 8.63. The number of aryl methyl sites for hydroxylation is 1. The smallest absolute Gasteiger partial charge is 0.0482 e. The second-order valence-electron chi connectivity index (χ2n) is 4.74. The summed E-state index contributed by atoms with van der Waals surface area (Å²) in [6.07, 6.45) is 0. The van der Waals surface area contributed by atoms with E-state index in [1.807, 2.05) is 0 Å². The molecule has 3 heteroatoms. The summed E-state index contributed by atoms with van der Waals surface area (Å²) < 4.78 is 2.27. The molecule has 0 aliphatic heterocycles. The van der Waals surface area contributed by atoms with Crippen molar-refractivity contribution in [3.63, 3.8) is 0 Å². The quantitative estimate of drug-likeness (QED) is 0.895. The first-order valence-corrected chi connectivity index (χ1v) is 6.27. The summed E-state index contributed by atoms with van der Waals surface area (Å²) in [5.41, 5.74) is 10.6. The van der Waals surface area contributed by atoms with Gasteiger partial charge in [0.1, 0.15) is 0 Å². The average Bonchev–Trinajstić information content (AvgIpc) is 2.72. The van der Waals surface area contributed by atoms with Gasteiger partial charge in [-0.15, -0.1) is 0 Å². The lowest BCUT2D eigenvalue weighted by Gasteiger charge is -2.14. The van der Waals surface area contributed by atoms with Gasteiger partial charge in [0.15, 0.2) is 0 Å². The number of aromatic nitrogens is 1. The summed E-state index contributed by atoms with van der Waals surface area (Å²) in [5.74, 6) is 0. The second kappa shape index (κ2) is 5.27. The van der Waals surface area contributed by atoms with E-state index < -0.39 is 0 Å². The zero-order chi connectivity index (χ0) is 13.1. The molecular weight excluding hydrogens is 222 g/mol. The predicted octanol–water partition coefficient (Wildman–Crippen LogP) is 2.49. The molecule has 1 aromatic carbocycles. The van der Waals surface area contributed by atoms with Crippen molar-refractivity contribution in [1.82, 2.24) is 4.57 Å². The Bertz CT molecular complexity index is 509. The van der Waals surface area contributed by atoms with Crippen LogP contribution in [-0.2, 0) is 6.54 Å². The maximum Gasteiger partial charge on any atom is 0.0482 e. The van der Waals surface area contributed by atoms with Crippen molar-refractivity contribution in [2.45, 2.75) is 13.5 Å². The molecule has 2 rings (SSSR count). The monoisotopic (exact) mass is 243 g/mol. The zero-order valence-electron chi connectivity index (χ0n) is 11.4. The number of hydrogen-bond acceptors (Lipinski definition) is 2. The topological polar surface area (TPSA) is 34.2 Å². The van der Waals surface area contributed by atoms with Gasteiger partial charge in [0.05, 0.1) is 0 Å². The molecule has 96 valence electrons. The van der Waals surface area contributed by atoms with Crippen LogP contribution in [0, 0.1) is 6.92 Å². The van der Waals surface area contributed by atoms with Crippen LogP contribution >= 0.6 is 0 Å². The molecule has 0 saturated carbocycles. The highest BCUT2D eigenvalue weighted by molar-refractivity contribution is 5.64. The number of anilines is 1. The minimum Gasteiger partial charge on any atom is -0.378 e. The molecule has 0 unspecified atom stereocenters. The van der Waals surface area contributed by atoms with Crippen molar-refractivity contribution >= 4 is 5.69 Å². The van der Waals surface area contributed by atoms with Gasteiger partial charge in [0.25, 0.3) is 0 Å². The molecule has 0 aliphatic rings. The molecule has 0 spiro atoms. The van der Waals surface area contributed by atoms with Crippen LogP contribution in [-0.4, -0.2) is 25.2 Å². The van der Waals surface area contributed by atoms with Crippen LogP contribution in [0.15, 0.2) is 36.4 Å². The van der Waals surface area contributed by atoms with Crippen molar-refractivity contribution in [3.05, 3.63) is 42.1 Å². The molecule has 2 aromatic rings. The summed E-state index contributed by atoms with van der Waals surface area (Å²) in [7, 11) is 4.10. The summed E-state index contributed by atoms with van der Waals surface area (Å²) >= 11 is 0. The standard InChI is InChI=1S/C15H21N3/c1-12-4-9-15(18(12)11-10-16)13-5-7-14(8-6-13)17(2)3/h4-9H,10-11,16H2,1-3H3. The zero-order valence-corrected chi connectivity index (χ0v) is 11.4. The van der Waals surface area contributed by atoms with E-state index in [9.17, 15) is 0 Å². The minimum atomic E-state index is 0.665. The predicted molar refractivity (Wildman–Crippen MR) is 78.0 cm³/mol. The van der Waals surface area contributed by atoms with Gasteiger partial charge < -0.3 is 15.2 Å². The molecule has 3 nitrogen and oxygen atoms in total. The lowest BCUT2D eigenvalue weighted by molar-refractivity contribution is 0.700. The van der Waals surface area contributed by atoms with Crippen molar-refractivity contribution in [2.75, 3.05) is 25.5 Å². The SMILES string of the molecule is Cc1ccc(-c2ccc(N(C)C)cc2)n1CCN. The van der Waals surface area contributed by atoms with E-state index in [-0.39, 0.29) is 0 Å². The molecule has 0 atom stereocenters. The molecule has 0 aliphatic carbocycles. The van der Waals surface area contributed by atoms with Crippen LogP contribution in [0.5, 0.6) is 0 Å². The Hall–Kier alpha value is -1.74. The van der Waals surface area contributed by atoms with Gasteiger partial charge in [0, 0.05) is 44.3 Å². The third-order valence-corrected chi connectivity index (χ3v) is 3.23. The van der Waals surface area contributed by atoms with E-state index in [0.29, 0.717) is 6.54 Å². The van der Waals surface area contributed by atoms with Gasteiger partial charge >= 0.3 is 0 Å². The Balaban J connectivity index is 2.36. The van der Waals surface area contributed by atoms with Gasteiger partial charge in [0.2, 0.25) is 0 Å². The molecule has 2 N–H and O–H groups in total. The number of nitrogens with two attached hydrogens (primary N) is 1. The summed E-state index contributed by atoms with van der Waals surface area (Å²) in [5, 5.41) is 0. The lowest BCUT2D eigenvalue weighted by Crippen LogP contribution is -2.12. The number of nitrogens with zero attached hydrogens (tertiary/aromatic N) is 2. The number of rotatable bonds is 4. The molecule has 0 bridgehead atoms. The lowest BCUT2D eigenvalue weighted by atomic mass is 10.1. The highest BCUT2D eigenvalue weighted by Gasteiger charge is 2.07. The Morgan fingerprint density at radius 1 is 1.06 bits per heavy atom. The van der Waals surface area contributed by atoms with Crippen LogP contribution in [0.4, 0.5) is 5.69 Å². The van der Waals surface area contributed by atoms with E-state index in [0.717, 1.165) is 6.54 Å². The molecule has 0 radical (unpaired) electrons. The van der Waals surface area contributed by atoms with Crippen LogP contribution in [0.1, 0.15) is 5.69 Å². The highest BCUT2D eigenvalue weighted by Crippen LogP contribution is 2.24. The number of benzene rings is 1. The molecule has 0 amide bonds. The van der Waals surface area contributed by atoms with Crippen molar-refractivity contribution < 1.29 is 0 Å². The molecule has 0 saturated heterocycles. The van der Waals surface area contributed by atoms with E-state index in [1.54, 1.807) is 0 Å². The fourth-order valence-corrected chi connectivity index (χ4v) is 2.18.